The van der Waals surface area contributed by atoms with Gasteiger partial charge in [-0.05, 0) is 43.5 Å². The monoisotopic (exact) mass is 326 g/mol. The van der Waals surface area contributed by atoms with E-state index >= 15 is 0 Å². The summed E-state index contributed by atoms with van der Waals surface area (Å²) in [5.41, 5.74) is 4.63. The maximum Gasteiger partial charge on any atom is 0.191 e. The third kappa shape index (κ3) is 4.98. The number of rotatable bonds is 6. The first kappa shape index (κ1) is 17.8. The van der Waals surface area contributed by atoms with Gasteiger partial charge in [0.15, 0.2) is 5.96 Å². The SMILES string of the molecule is CN=C(NCCc1cc(C)ccc1OC)NCc1ncccc1C. The normalized spacial score (nSPS) is 11.2. The predicted molar refractivity (Wildman–Crippen MR) is 98.6 cm³/mol. The molecule has 24 heavy (non-hydrogen) atoms. The highest BCUT2D eigenvalue weighted by Crippen LogP contribution is 2.19. The highest BCUT2D eigenvalue weighted by molar-refractivity contribution is 5.79. The van der Waals surface area contributed by atoms with Crippen molar-refractivity contribution in [1.29, 1.82) is 0 Å². The van der Waals surface area contributed by atoms with Crippen molar-refractivity contribution in [2.75, 3.05) is 20.7 Å². The van der Waals surface area contributed by atoms with E-state index in [2.05, 4.69) is 52.7 Å². The Morgan fingerprint density at radius 2 is 2.04 bits per heavy atom. The summed E-state index contributed by atoms with van der Waals surface area (Å²) in [6.45, 7) is 5.58. The van der Waals surface area contributed by atoms with E-state index in [4.69, 9.17) is 4.74 Å². The summed E-state index contributed by atoms with van der Waals surface area (Å²) in [4.78, 5) is 8.64. The lowest BCUT2D eigenvalue weighted by molar-refractivity contribution is 0.409. The molecule has 1 heterocycles. The second-order valence-electron chi connectivity index (χ2n) is 5.68. The van der Waals surface area contributed by atoms with Crippen molar-refractivity contribution in [3.63, 3.8) is 0 Å². The molecular formula is C19H26N4O. The average Bonchev–Trinajstić information content (AvgIpc) is 2.59. The molecule has 0 bridgehead atoms. The molecule has 0 spiro atoms. The Labute approximate surface area is 144 Å². The predicted octanol–water partition coefficient (Wildman–Crippen LogP) is 2.61. The van der Waals surface area contributed by atoms with Crippen LogP contribution in [0.3, 0.4) is 0 Å². The van der Waals surface area contributed by atoms with Gasteiger partial charge in [0, 0.05) is 19.8 Å². The Morgan fingerprint density at radius 1 is 1.21 bits per heavy atom. The fourth-order valence-electron chi connectivity index (χ4n) is 2.51. The fourth-order valence-corrected chi connectivity index (χ4v) is 2.51. The zero-order valence-corrected chi connectivity index (χ0v) is 14.9. The van der Waals surface area contributed by atoms with Crippen LogP contribution in [0.15, 0.2) is 41.5 Å². The van der Waals surface area contributed by atoms with E-state index in [1.165, 1.54) is 16.7 Å². The van der Waals surface area contributed by atoms with Gasteiger partial charge in [-0.1, -0.05) is 23.8 Å². The van der Waals surface area contributed by atoms with Crippen molar-refractivity contribution in [2.24, 2.45) is 4.99 Å². The molecule has 5 nitrogen and oxygen atoms in total. The smallest absolute Gasteiger partial charge is 0.191 e. The second-order valence-corrected chi connectivity index (χ2v) is 5.68. The molecule has 1 aromatic carbocycles. The van der Waals surface area contributed by atoms with Gasteiger partial charge < -0.3 is 15.4 Å². The summed E-state index contributed by atoms with van der Waals surface area (Å²) in [5.74, 6) is 1.70. The highest BCUT2D eigenvalue weighted by Gasteiger charge is 2.05. The zero-order valence-electron chi connectivity index (χ0n) is 14.9. The lowest BCUT2D eigenvalue weighted by Crippen LogP contribution is -2.38. The molecular weight excluding hydrogens is 300 g/mol. The van der Waals surface area contributed by atoms with Crippen molar-refractivity contribution < 1.29 is 4.74 Å². The van der Waals surface area contributed by atoms with Crippen LogP contribution < -0.4 is 15.4 Å². The van der Waals surface area contributed by atoms with E-state index in [9.17, 15) is 0 Å². The Kier molecular flexibility index (Phi) is 6.61. The molecule has 2 N–H and O–H groups in total. The van der Waals surface area contributed by atoms with E-state index < -0.39 is 0 Å². The number of hydrogen-bond acceptors (Lipinski definition) is 3. The average molecular weight is 326 g/mol. The minimum absolute atomic E-state index is 0.653. The van der Waals surface area contributed by atoms with E-state index in [1.807, 2.05) is 18.3 Å². The zero-order chi connectivity index (χ0) is 17.4. The molecule has 0 aliphatic heterocycles. The van der Waals surface area contributed by atoms with Crippen LogP contribution in [0.4, 0.5) is 0 Å². The number of nitrogens with zero attached hydrogens (tertiary/aromatic N) is 2. The van der Waals surface area contributed by atoms with Crippen LogP contribution in [0, 0.1) is 13.8 Å². The third-order valence-corrected chi connectivity index (χ3v) is 3.89. The minimum Gasteiger partial charge on any atom is -0.496 e. The van der Waals surface area contributed by atoms with Crippen LogP contribution in [0.1, 0.15) is 22.4 Å². The number of nitrogens with one attached hydrogen (secondary N) is 2. The van der Waals surface area contributed by atoms with Gasteiger partial charge in [0.05, 0.1) is 19.3 Å². The van der Waals surface area contributed by atoms with Crippen molar-refractivity contribution in [3.05, 3.63) is 58.9 Å². The Bertz CT molecular complexity index is 698. The van der Waals surface area contributed by atoms with Crippen molar-refractivity contribution in [1.82, 2.24) is 15.6 Å². The molecule has 0 aliphatic carbocycles. The van der Waals surface area contributed by atoms with Gasteiger partial charge in [0.25, 0.3) is 0 Å². The maximum absolute atomic E-state index is 5.42. The molecule has 0 unspecified atom stereocenters. The Morgan fingerprint density at radius 3 is 2.75 bits per heavy atom. The summed E-state index contributed by atoms with van der Waals surface area (Å²) in [7, 11) is 3.48. The van der Waals surface area contributed by atoms with Gasteiger partial charge >= 0.3 is 0 Å². The quantitative estimate of drug-likeness (QED) is 0.633. The van der Waals surface area contributed by atoms with Crippen LogP contribution >= 0.6 is 0 Å². The van der Waals surface area contributed by atoms with Gasteiger partial charge in [0.2, 0.25) is 0 Å². The number of aromatic nitrogens is 1. The van der Waals surface area contributed by atoms with Crippen LogP contribution in [-0.4, -0.2) is 31.6 Å². The number of guanidine groups is 1. The molecule has 0 saturated carbocycles. The lowest BCUT2D eigenvalue weighted by atomic mass is 10.1. The van der Waals surface area contributed by atoms with E-state index in [0.717, 1.165) is 30.4 Å². The number of hydrogen-bond donors (Lipinski definition) is 2. The Balaban J connectivity index is 1.86. The largest absolute Gasteiger partial charge is 0.496 e. The van der Waals surface area contributed by atoms with Crippen molar-refractivity contribution in [3.8, 4) is 5.75 Å². The highest BCUT2D eigenvalue weighted by atomic mass is 16.5. The van der Waals surface area contributed by atoms with Crippen LogP contribution in [0.5, 0.6) is 5.75 Å². The van der Waals surface area contributed by atoms with Gasteiger partial charge in [-0.25, -0.2) is 0 Å². The summed E-state index contributed by atoms with van der Waals surface area (Å²) >= 11 is 0. The molecule has 0 fully saturated rings. The van der Waals surface area contributed by atoms with Crippen LogP contribution in [0.25, 0.3) is 0 Å². The van der Waals surface area contributed by atoms with E-state index in [0.29, 0.717) is 6.54 Å². The number of methoxy groups -OCH3 is 1. The van der Waals surface area contributed by atoms with Gasteiger partial charge in [0.1, 0.15) is 5.75 Å². The first-order valence-corrected chi connectivity index (χ1v) is 8.12. The van der Waals surface area contributed by atoms with Gasteiger partial charge in [-0.15, -0.1) is 0 Å². The first-order valence-electron chi connectivity index (χ1n) is 8.12. The van der Waals surface area contributed by atoms with E-state index in [1.54, 1.807) is 14.2 Å². The number of benzene rings is 1. The molecule has 2 aromatic rings. The number of ether oxygens (including phenoxy) is 1. The molecule has 0 atom stereocenters. The molecule has 0 radical (unpaired) electrons. The molecule has 0 saturated heterocycles. The fraction of sp³-hybridized carbons (Fsp3) is 0.368. The van der Waals surface area contributed by atoms with Crippen molar-refractivity contribution >= 4 is 5.96 Å². The molecule has 0 amide bonds. The number of aryl methyl sites for hydroxylation is 2. The minimum atomic E-state index is 0.653. The number of aliphatic imine (C=N–C) groups is 1. The van der Waals surface area contributed by atoms with Gasteiger partial charge in [-0.2, -0.15) is 0 Å². The van der Waals surface area contributed by atoms with Crippen LogP contribution in [-0.2, 0) is 13.0 Å². The molecule has 5 heteroatoms. The summed E-state index contributed by atoms with van der Waals surface area (Å²) in [6.07, 6.45) is 2.68. The summed E-state index contributed by atoms with van der Waals surface area (Å²) < 4.78 is 5.42. The summed E-state index contributed by atoms with van der Waals surface area (Å²) in [6, 6.07) is 10.2. The standard InChI is InChI=1S/C19H26N4O/c1-14-7-8-18(24-4)16(12-14)9-11-22-19(20-3)23-13-17-15(2)6-5-10-21-17/h5-8,10,12H,9,11,13H2,1-4H3,(H2,20,22,23). The third-order valence-electron chi connectivity index (χ3n) is 3.89. The van der Waals surface area contributed by atoms with Gasteiger partial charge in [-0.3, -0.25) is 9.98 Å². The molecule has 0 aliphatic rings. The first-order chi connectivity index (χ1) is 11.6. The molecule has 1 aromatic heterocycles. The second kappa shape index (κ2) is 8.91. The number of pyridine rings is 1. The summed E-state index contributed by atoms with van der Waals surface area (Å²) in [5, 5.41) is 6.63. The Hall–Kier alpha value is -2.56. The maximum atomic E-state index is 5.42. The van der Waals surface area contributed by atoms with Crippen LogP contribution in [0.2, 0.25) is 0 Å². The van der Waals surface area contributed by atoms with E-state index in [-0.39, 0.29) is 0 Å². The molecule has 128 valence electrons. The van der Waals surface area contributed by atoms with Crippen molar-refractivity contribution in [2.45, 2.75) is 26.8 Å². The lowest BCUT2D eigenvalue weighted by Gasteiger charge is -2.14. The molecule has 2 rings (SSSR count). The topological polar surface area (TPSA) is 58.5 Å².